The normalized spacial score (nSPS) is 10.9. The molecule has 22 heavy (non-hydrogen) atoms. The fourth-order valence-corrected chi connectivity index (χ4v) is 2.97. The Bertz CT molecular complexity index is 879. The van der Waals surface area contributed by atoms with Crippen molar-refractivity contribution >= 4 is 16.3 Å². The van der Waals surface area contributed by atoms with Crippen LogP contribution in [0.4, 0.5) is 0 Å². The Balaban J connectivity index is 2.54. The molecule has 0 unspecified atom stereocenters. The van der Waals surface area contributed by atoms with Crippen LogP contribution in [0.5, 0.6) is 0 Å². The van der Waals surface area contributed by atoms with E-state index in [4.69, 9.17) is 0 Å². The molecule has 0 saturated carbocycles. The van der Waals surface area contributed by atoms with Gasteiger partial charge in [0.1, 0.15) is 0 Å². The molecule has 2 aromatic carbocycles. The number of fused-ring (bicyclic) bond motifs is 1. The lowest BCUT2D eigenvalue weighted by molar-refractivity contribution is -0.612. The first-order valence-corrected chi connectivity index (χ1v) is 7.38. The SMILES string of the molecule is C=C(C)c1c(-c2ccccc2)c2ccc(C)cc2c(C)[n+]1[O-]. The number of aromatic nitrogens is 1. The van der Waals surface area contributed by atoms with Crippen LogP contribution in [-0.2, 0) is 0 Å². The zero-order valence-corrected chi connectivity index (χ0v) is 13.2. The third-order valence-corrected chi connectivity index (χ3v) is 4.05. The molecule has 0 saturated heterocycles. The number of rotatable bonds is 2. The van der Waals surface area contributed by atoms with Crippen LogP contribution < -0.4 is 4.73 Å². The van der Waals surface area contributed by atoms with Gasteiger partial charge in [0.25, 0.3) is 0 Å². The van der Waals surface area contributed by atoms with E-state index in [1.165, 1.54) is 0 Å². The molecule has 3 aromatic rings. The largest absolute Gasteiger partial charge is 0.618 e. The van der Waals surface area contributed by atoms with Crippen molar-refractivity contribution < 1.29 is 4.73 Å². The summed E-state index contributed by atoms with van der Waals surface area (Å²) in [6.07, 6.45) is 0. The summed E-state index contributed by atoms with van der Waals surface area (Å²) in [5.41, 5.74) is 5.30. The fraction of sp³-hybridized carbons (Fsp3) is 0.150. The third kappa shape index (κ3) is 2.17. The minimum Gasteiger partial charge on any atom is -0.618 e. The molecule has 0 aliphatic carbocycles. The van der Waals surface area contributed by atoms with E-state index in [0.29, 0.717) is 5.69 Å². The van der Waals surface area contributed by atoms with Crippen LogP contribution in [0.1, 0.15) is 23.9 Å². The van der Waals surface area contributed by atoms with Crippen molar-refractivity contribution in [2.45, 2.75) is 20.8 Å². The van der Waals surface area contributed by atoms with Crippen LogP contribution in [0, 0.1) is 19.1 Å². The molecule has 1 aromatic heterocycles. The van der Waals surface area contributed by atoms with E-state index in [-0.39, 0.29) is 0 Å². The molecule has 0 aliphatic heterocycles. The van der Waals surface area contributed by atoms with Crippen LogP contribution in [0.3, 0.4) is 0 Å². The standard InChI is InChI=1S/C20H19NO/c1-13(2)20-19(16-8-6-5-7-9-16)17-11-10-14(3)12-18(17)15(4)21(20)22/h5-12H,1H2,2-4H3. The molecule has 0 atom stereocenters. The van der Waals surface area contributed by atoms with Crippen molar-refractivity contribution in [1.82, 2.24) is 0 Å². The third-order valence-electron chi connectivity index (χ3n) is 4.05. The van der Waals surface area contributed by atoms with Crippen molar-refractivity contribution in [1.29, 1.82) is 0 Å². The highest BCUT2D eigenvalue weighted by molar-refractivity contribution is 6.00. The Labute approximate surface area is 130 Å². The van der Waals surface area contributed by atoms with Gasteiger partial charge in [-0.25, -0.2) is 0 Å². The maximum absolute atomic E-state index is 12.8. The topological polar surface area (TPSA) is 26.9 Å². The van der Waals surface area contributed by atoms with Gasteiger partial charge in [-0.3, -0.25) is 0 Å². The molecule has 3 rings (SSSR count). The molecule has 0 radical (unpaired) electrons. The second-order valence-electron chi connectivity index (χ2n) is 5.80. The quantitative estimate of drug-likeness (QED) is 0.492. The van der Waals surface area contributed by atoms with Gasteiger partial charge in [0, 0.05) is 17.9 Å². The summed E-state index contributed by atoms with van der Waals surface area (Å²) < 4.78 is 1.02. The molecule has 0 amide bonds. The van der Waals surface area contributed by atoms with Gasteiger partial charge in [-0.2, -0.15) is 4.73 Å². The highest BCUT2D eigenvalue weighted by atomic mass is 16.5. The molecule has 0 aliphatic rings. The lowest BCUT2D eigenvalue weighted by Crippen LogP contribution is -2.35. The van der Waals surface area contributed by atoms with Gasteiger partial charge < -0.3 is 5.21 Å². The van der Waals surface area contributed by atoms with Gasteiger partial charge in [-0.1, -0.05) is 54.6 Å². The predicted octanol–water partition coefficient (Wildman–Crippen LogP) is 4.79. The maximum Gasteiger partial charge on any atom is 0.227 e. The minimum absolute atomic E-state index is 0.653. The van der Waals surface area contributed by atoms with Crippen LogP contribution in [0.25, 0.3) is 27.5 Å². The highest BCUT2D eigenvalue weighted by Crippen LogP contribution is 2.34. The van der Waals surface area contributed by atoms with Crippen LogP contribution in [-0.4, -0.2) is 0 Å². The van der Waals surface area contributed by atoms with Crippen molar-refractivity contribution in [3.05, 3.63) is 77.3 Å². The second kappa shape index (κ2) is 5.30. The molecule has 2 nitrogen and oxygen atoms in total. The molecular formula is C20H19NO. The van der Waals surface area contributed by atoms with Crippen LogP contribution >= 0.6 is 0 Å². The highest BCUT2D eigenvalue weighted by Gasteiger charge is 2.22. The monoisotopic (exact) mass is 289 g/mol. The number of hydrogen-bond donors (Lipinski definition) is 0. The Hall–Kier alpha value is -2.61. The van der Waals surface area contributed by atoms with E-state index < -0.39 is 0 Å². The van der Waals surface area contributed by atoms with Gasteiger partial charge in [0.05, 0.1) is 10.9 Å². The van der Waals surface area contributed by atoms with Crippen LogP contribution in [0.15, 0.2) is 55.1 Å². The van der Waals surface area contributed by atoms with Gasteiger partial charge in [-0.05, 0) is 25.5 Å². The second-order valence-corrected chi connectivity index (χ2v) is 5.80. The summed E-state index contributed by atoms with van der Waals surface area (Å²) in [5, 5.41) is 14.9. The van der Waals surface area contributed by atoms with E-state index >= 15 is 0 Å². The van der Waals surface area contributed by atoms with Crippen molar-refractivity contribution in [3.8, 4) is 11.1 Å². The first-order chi connectivity index (χ1) is 10.5. The fourth-order valence-electron chi connectivity index (χ4n) is 2.97. The van der Waals surface area contributed by atoms with E-state index in [1.807, 2.05) is 51.1 Å². The van der Waals surface area contributed by atoms with Crippen molar-refractivity contribution in [3.63, 3.8) is 0 Å². The van der Waals surface area contributed by atoms with E-state index in [2.05, 4.69) is 24.8 Å². The Morgan fingerprint density at radius 1 is 1.00 bits per heavy atom. The summed E-state index contributed by atoms with van der Waals surface area (Å²) in [4.78, 5) is 0. The minimum atomic E-state index is 0.653. The van der Waals surface area contributed by atoms with Gasteiger partial charge in [0.15, 0.2) is 5.69 Å². The summed E-state index contributed by atoms with van der Waals surface area (Å²) in [6, 6.07) is 16.3. The predicted molar refractivity (Wildman–Crippen MR) is 92.5 cm³/mol. The molecule has 1 heterocycles. The molecule has 0 bridgehead atoms. The molecular weight excluding hydrogens is 270 g/mol. The number of benzene rings is 2. The summed E-state index contributed by atoms with van der Waals surface area (Å²) in [7, 11) is 0. The average Bonchev–Trinajstić information content (AvgIpc) is 2.51. The van der Waals surface area contributed by atoms with Crippen LogP contribution in [0.2, 0.25) is 0 Å². The smallest absolute Gasteiger partial charge is 0.227 e. The van der Waals surface area contributed by atoms with Crippen molar-refractivity contribution in [2.75, 3.05) is 0 Å². The number of nitrogens with zero attached hydrogens (tertiary/aromatic N) is 1. The van der Waals surface area contributed by atoms with E-state index in [9.17, 15) is 5.21 Å². The Morgan fingerprint density at radius 2 is 1.68 bits per heavy atom. The summed E-state index contributed by atoms with van der Waals surface area (Å²) in [6.45, 7) is 9.82. The molecule has 110 valence electrons. The zero-order valence-electron chi connectivity index (χ0n) is 13.2. The number of aryl methyl sites for hydroxylation is 2. The van der Waals surface area contributed by atoms with Gasteiger partial charge >= 0.3 is 0 Å². The zero-order chi connectivity index (χ0) is 15.9. The number of hydrogen-bond acceptors (Lipinski definition) is 1. The molecule has 2 heteroatoms. The van der Waals surface area contributed by atoms with E-state index in [1.54, 1.807) is 0 Å². The van der Waals surface area contributed by atoms with E-state index in [0.717, 1.165) is 43.5 Å². The number of pyridine rings is 1. The maximum atomic E-state index is 12.8. The summed E-state index contributed by atoms with van der Waals surface area (Å²) in [5.74, 6) is 0. The van der Waals surface area contributed by atoms with Gasteiger partial charge in [-0.15, -0.1) is 0 Å². The summed E-state index contributed by atoms with van der Waals surface area (Å²) >= 11 is 0. The Kier molecular flexibility index (Phi) is 3.45. The first-order valence-electron chi connectivity index (χ1n) is 7.38. The van der Waals surface area contributed by atoms with Gasteiger partial charge in [0.2, 0.25) is 5.69 Å². The first kappa shape index (κ1) is 14.3. The van der Waals surface area contributed by atoms with Crippen molar-refractivity contribution in [2.24, 2.45) is 0 Å². The Morgan fingerprint density at radius 3 is 2.32 bits per heavy atom. The number of allylic oxidation sites excluding steroid dienone is 1. The molecule has 0 N–H and O–H groups in total. The lowest BCUT2D eigenvalue weighted by atomic mass is 9.93. The molecule has 0 spiro atoms. The average molecular weight is 289 g/mol. The lowest BCUT2D eigenvalue weighted by Gasteiger charge is -2.16. The molecule has 0 fully saturated rings.